The summed E-state index contributed by atoms with van der Waals surface area (Å²) in [5.74, 6) is 0. The molecule has 90 valence electrons. The number of rotatable bonds is 5. The van der Waals surface area contributed by atoms with E-state index in [2.05, 4.69) is 43.2 Å². The van der Waals surface area contributed by atoms with Crippen molar-refractivity contribution in [3.8, 4) is 0 Å². The van der Waals surface area contributed by atoms with Crippen LogP contribution in [0.4, 0.5) is 0 Å². The van der Waals surface area contributed by atoms with Gasteiger partial charge in [-0.15, -0.1) is 0 Å². The third-order valence-corrected chi connectivity index (χ3v) is 3.42. The van der Waals surface area contributed by atoms with Crippen LogP contribution in [-0.2, 0) is 0 Å². The first-order valence-corrected chi connectivity index (χ1v) is 6.18. The Morgan fingerprint density at radius 3 is 2.73 bits per heavy atom. The van der Waals surface area contributed by atoms with Crippen LogP contribution in [0.15, 0.2) is 0 Å². The summed E-state index contributed by atoms with van der Waals surface area (Å²) in [7, 11) is 6.50. The Balaban J connectivity index is 2.07. The lowest BCUT2D eigenvalue weighted by atomic mass is 9.99. The molecule has 0 bridgehead atoms. The molecule has 1 rings (SSSR count). The minimum atomic E-state index is 0.741. The van der Waals surface area contributed by atoms with E-state index in [1.807, 2.05) is 0 Å². The lowest BCUT2D eigenvalue weighted by Gasteiger charge is -2.35. The maximum Gasteiger partial charge on any atom is 0.00940 e. The van der Waals surface area contributed by atoms with Gasteiger partial charge in [-0.05, 0) is 67.0 Å². The van der Waals surface area contributed by atoms with E-state index in [-0.39, 0.29) is 0 Å². The maximum absolute atomic E-state index is 3.67. The predicted octanol–water partition coefficient (Wildman–Crippen LogP) is 1.01. The smallest absolute Gasteiger partial charge is 0.00940 e. The molecule has 2 unspecified atom stereocenters. The van der Waals surface area contributed by atoms with Crippen LogP contribution in [0.1, 0.15) is 26.2 Å². The maximum atomic E-state index is 3.67. The number of likely N-dealkylation sites (tertiary alicyclic amines) is 1. The van der Waals surface area contributed by atoms with Gasteiger partial charge in [0.15, 0.2) is 0 Å². The van der Waals surface area contributed by atoms with Gasteiger partial charge in [-0.25, -0.2) is 0 Å². The summed E-state index contributed by atoms with van der Waals surface area (Å²) in [4.78, 5) is 4.71. The van der Waals surface area contributed by atoms with Gasteiger partial charge in [0, 0.05) is 12.1 Å². The molecule has 0 aliphatic carbocycles. The molecule has 0 amide bonds. The highest BCUT2D eigenvalue weighted by atomic mass is 15.1. The zero-order valence-corrected chi connectivity index (χ0v) is 10.8. The average molecular weight is 213 g/mol. The Bertz CT molecular complexity index is 170. The highest BCUT2D eigenvalue weighted by molar-refractivity contribution is 4.80. The quantitative estimate of drug-likeness (QED) is 0.688. The minimum Gasteiger partial charge on any atom is -0.314 e. The molecule has 0 aromatic heterocycles. The number of hydrogen-bond acceptors (Lipinski definition) is 3. The van der Waals surface area contributed by atoms with E-state index in [9.17, 15) is 0 Å². The summed E-state index contributed by atoms with van der Waals surface area (Å²) >= 11 is 0. The van der Waals surface area contributed by atoms with Crippen LogP contribution in [0.5, 0.6) is 0 Å². The third-order valence-electron chi connectivity index (χ3n) is 3.42. The summed E-state index contributed by atoms with van der Waals surface area (Å²) in [5.41, 5.74) is 0. The Hall–Kier alpha value is -0.120. The molecule has 0 spiro atoms. The van der Waals surface area contributed by atoms with Crippen molar-refractivity contribution in [2.24, 2.45) is 0 Å². The van der Waals surface area contributed by atoms with E-state index in [1.54, 1.807) is 0 Å². The van der Waals surface area contributed by atoms with Crippen LogP contribution < -0.4 is 5.32 Å². The first-order valence-electron chi connectivity index (χ1n) is 6.18. The lowest BCUT2D eigenvalue weighted by Crippen LogP contribution is -2.46. The molecule has 1 N–H and O–H groups in total. The van der Waals surface area contributed by atoms with E-state index >= 15 is 0 Å². The summed E-state index contributed by atoms with van der Waals surface area (Å²) in [6.07, 6.45) is 3.87. The zero-order valence-electron chi connectivity index (χ0n) is 10.8. The van der Waals surface area contributed by atoms with Gasteiger partial charge in [-0.3, -0.25) is 0 Å². The number of nitrogens with one attached hydrogen (secondary N) is 1. The monoisotopic (exact) mass is 213 g/mol. The predicted molar refractivity (Wildman–Crippen MR) is 66.3 cm³/mol. The fourth-order valence-corrected chi connectivity index (χ4v) is 2.18. The van der Waals surface area contributed by atoms with Crippen LogP contribution in [0.3, 0.4) is 0 Å². The Morgan fingerprint density at radius 1 is 1.40 bits per heavy atom. The van der Waals surface area contributed by atoms with Crippen molar-refractivity contribution >= 4 is 0 Å². The Morgan fingerprint density at radius 2 is 2.13 bits per heavy atom. The molecule has 15 heavy (non-hydrogen) atoms. The summed E-state index contributed by atoms with van der Waals surface area (Å²) in [6.45, 7) is 5.93. The van der Waals surface area contributed by atoms with Gasteiger partial charge in [-0.1, -0.05) is 0 Å². The van der Waals surface area contributed by atoms with Crippen LogP contribution in [0.2, 0.25) is 0 Å². The number of hydrogen-bond donors (Lipinski definition) is 1. The number of piperidine rings is 1. The van der Waals surface area contributed by atoms with E-state index < -0.39 is 0 Å². The molecule has 1 aliphatic heterocycles. The molecule has 2 atom stereocenters. The zero-order chi connectivity index (χ0) is 11.3. The Labute approximate surface area is 94.8 Å². The normalized spacial score (nSPS) is 28.6. The van der Waals surface area contributed by atoms with Crippen molar-refractivity contribution in [2.45, 2.75) is 38.3 Å². The second-order valence-electron chi connectivity index (χ2n) is 5.16. The average Bonchev–Trinajstić information content (AvgIpc) is 2.18. The molecule has 1 fully saturated rings. The summed E-state index contributed by atoms with van der Waals surface area (Å²) in [6, 6.07) is 1.49. The molecule has 1 saturated heterocycles. The highest BCUT2D eigenvalue weighted by Crippen LogP contribution is 2.14. The standard InChI is InChI=1S/C12H27N3/c1-11-10-12(6-9-15(11)4)13-7-5-8-14(2)3/h11-13H,5-10H2,1-4H3. The lowest BCUT2D eigenvalue weighted by molar-refractivity contribution is 0.168. The molecule has 0 aromatic rings. The van der Waals surface area contributed by atoms with Gasteiger partial charge in [0.1, 0.15) is 0 Å². The van der Waals surface area contributed by atoms with Crippen molar-refractivity contribution in [1.82, 2.24) is 15.1 Å². The first-order chi connectivity index (χ1) is 7.09. The van der Waals surface area contributed by atoms with Crippen molar-refractivity contribution in [3.63, 3.8) is 0 Å². The molecule has 1 heterocycles. The molecule has 0 radical (unpaired) electrons. The summed E-state index contributed by atoms with van der Waals surface area (Å²) < 4.78 is 0. The van der Waals surface area contributed by atoms with Crippen LogP contribution in [0, 0.1) is 0 Å². The first kappa shape index (κ1) is 12.9. The van der Waals surface area contributed by atoms with Crippen molar-refractivity contribution in [3.05, 3.63) is 0 Å². The summed E-state index contributed by atoms with van der Waals surface area (Å²) in [5, 5.41) is 3.67. The number of nitrogens with zero attached hydrogens (tertiary/aromatic N) is 2. The van der Waals surface area contributed by atoms with Gasteiger partial charge < -0.3 is 15.1 Å². The van der Waals surface area contributed by atoms with Crippen LogP contribution in [0.25, 0.3) is 0 Å². The fraction of sp³-hybridized carbons (Fsp3) is 1.00. The van der Waals surface area contributed by atoms with E-state index in [0.717, 1.165) is 12.1 Å². The molecular formula is C12H27N3. The highest BCUT2D eigenvalue weighted by Gasteiger charge is 2.21. The minimum absolute atomic E-state index is 0.741. The van der Waals surface area contributed by atoms with E-state index in [0.29, 0.717) is 0 Å². The van der Waals surface area contributed by atoms with Crippen molar-refractivity contribution in [1.29, 1.82) is 0 Å². The van der Waals surface area contributed by atoms with E-state index in [4.69, 9.17) is 0 Å². The van der Waals surface area contributed by atoms with Gasteiger partial charge in [0.2, 0.25) is 0 Å². The van der Waals surface area contributed by atoms with Crippen LogP contribution in [-0.4, -0.2) is 62.7 Å². The third kappa shape index (κ3) is 4.96. The fourth-order valence-electron chi connectivity index (χ4n) is 2.18. The molecule has 3 nitrogen and oxygen atoms in total. The Kier molecular flexibility index (Phi) is 5.58. The molecule has 1 aliphatic rings. The van der Waals surface area contributed by atoms with E-state index in [1.165, 1.54) is 38.9 Å². The van der Waals surface area contributed by atoms with Gasteiger partial charge >= 0.3 is 0 Å². The van der Waals surface area contributed by atoms with Gasteiger partial charge in [0.25, 0.3) is 0 Å². The molecular weight excluding hydrogens is 186 g/mol. The van der Waals surface area contributed by atoms with Gasteiger partial charge in [-0.2, -0.15) is 0 Å². The topological polar surface area (TPSA) is 18.5 Å². The van der Waals surface area contributed by atoms with Crippen LogP contribution >= 0.6 is 0 Å². The van der Waals surface area contributed by atoms with Gasteiger partial charge in [0.05, 0.1) is 0 Å². The SMILES string of the molecule is CC1CC(NCCCN(C)C)CCN1C. The largest absolute Gasteiger partial charge is 0.314 e. The molecule has 0 aromatic carbocycles. The van der Waals surface area contributed by atoms with Crippen molar-refractivity contribution < 1.29 is 0 Å². The van der Waals surface area contributed by atoms with Crippen molar-refractivity contribution in [2.75, 3.05) is 40.8 Å². The molecule has 3 heteroatoms. The molecule has 0 saturated carbocycles. The second-order valence-corrected chi connectivity index (χ2v) is 5.16. The second kappa shape index (κ2) is 6.46.